The van der Waals surface area contributed by atoms with Gasteiger partial charge in [-0.3, -0.25) is 0 Å². The van der Waals surface area contributed by atoms with Crippen LogP contribution in [0.5, 0.6) is 0 Å². The van der Waals surface area contributed by atoms with Crippen molar-refractivity contribution in [2.24, 2.45) is 5.84 Å². The average molecular weight is 287 g/mol. The second-order valence-electron chi connectivity index (χ2n) is 4.64. The van der Waals surface area contributed by atoms with Crippen molar-refractivity contribution in [3.05, 3.63) is 18.3 Å². The number of aromatic nitrogens is 1. The third kappa shape index (κ3) is 5.11. The van der Waals surface area contributed by atoms with Gasteiger partial charge < -0.3 is 10.3 Å². The number of sulfonamides is 1. The van der Waals surface area contributed by atoms with E-state index in [0.717, 1.165) is 13.0 Å². The van der Waals surface area contributed by atoms with Crippen LogP contribution in [0.15, 0.2) is 23.2 Å². The number of nitrogens with zero attached hydrogens (tertiary/aromatic N) is 2. The number of hydrogen-bond acceptors (Lipinski definition) is 6. The molecule has 1 aromatic heterocycles. The summed E-state index contributed by atoms with van der Waals surface area (Å²) in [4.78, 5) is 6.02. The molecule has 0 aliphatic carbocycles. The van der Waals surface area contributed by atoms with Crippen LogP contribution in [0.25, 0.3) is 0 Å². The van der Waals surface area contributed by atoms with E-state index in [4.69, 9.17) is 5.84 Å². The van der Waals surface area contributed by atoms with E-state index in [2.05, 4.69) is 15.1 Å². The Balaban J connectivity index is 2.69. The van der Waals surface area contributed by atoms with E-state index >= 15 is 0 Å². The summed E-state index contributed by atoms with van der Waals surface area (Å²) in [6, 6.07) is 2.84. The fourth-order valence-electron chi connectivity index (χ4n) is 1.47. The zero-order valence-corrected chi connectivity index (χ0v) is 12.2. The van der Waals surface area contributed by atoms with E-state index in [0.29, 0.717) is 5.82 Å². The number of nitrogens with two attached hydrogens (primary N) is 1. The van der Waals surface area contributed by atoms with Gasteiger partial charge in [-0.2, -0.15) is 0 Å². The Morgan fingerprint density at radius 1 is 1.42 bits per heavy atom. The average Bonchev–Trinajstić information content (AvgIpc) is 2.36. The zero-order chi connectivity index (χ0) is 14.5. The number of rotatable bonds is 7. The van der Waals surface area contributed by atoms with Gasteiger partial charge in [-0.1, -0.05) is 0 Å². The molecule has 0 fully saturated rings. The van der Waals surface area contributed by atoms with Crippen LogP contribution in [0.2, 0.25) is 0 Å². The third-order valence-corrected chi connectivity index (χ3v) is 4.13. The topological polar surface area (TPSA) is 100 Å². The number of pyridine rings is 1. The van der Waals surface area contributed by atoms with E-state index in [1.165, 1.54) is 18.3 Å². The highest BCUT2D eigenvalue weighted by Gasteiger charge is 2.17. The molecule has 0 amide bonds. The molecular weight excluding hydrogens is 266 g/mol. The Morgan fingerprint density at radius 2 is 2.11 bits per heavy atom. The summed E-state index contributed by atoms with van der Waals surface area (Å²) in [5.74, 6) is 5.59. The molecule has 4 N–H and O–H groups in total. The van der Waals surface area contributed by atoms with Gasteiger partial charge in [-0.15, -0.1) is 0 Å². The molecule has 0 aliphatic rings. The minimum Gasteiger partial charge on any atom is -0.309 e. The molecule has 108 valence electrons. The van der Waals surface area contributed by atoms with Crippen LogP contribution in [-0.2, 0) is 10.0 Å². The number of anilines is 1. The maximum Gasteiger partial charge on any atom is 0.242 e. The van der Waals surface area contributed by atoms with Gasteiger partial charge in [0.2, 0.25) is 10.0 Å². The molecule has 1 aromatic rings. The third-order valence-electron chi connectivity index (χ3n) is 2.56. The number of nitrogens with one attached hydrogen (secondary N) is 2. The Kier molecular flexibility index (Phi) is 5.67. The SMILES string of the molecule is CC(CCN(C)C)NS(=O)(=O)c1ccc(NN)nc1. The van der Waals surface area contributed by atoms with Crippen LogP contribution >= 0.6 is 0 Å². The lowest BCUT2D eigenvalue weighted by Crippen LogP contribution is -2.34. The summed E-state index contributed by atoms with van der Waals surface area (Å²) in [6.07, 6.45) is 2.01. The summed E-state index contributed by atoms with van der Waals surface area (Å²) in [5.41, 5.74) is 2.35. The van der Waals surface area contributed by atoms with Gasteiger partial charge in [0.05, 0.1) is 0 Å². The molecule has 7 nitrogen and oxygen atoms in total. The molecule has 1 rings (SSSR count). The van der Waals surface area contributed by atoms with Crippen LogP contribution in [0.4, 0.5) is 5.82 Å². The second-order valence-corrected chi connectivity index (χ2v) is 6.35. The van der Waals surface area contributed by atoms with E-state index in [1.54, 1.807) is 0 Å². The minimum atomic E-state index is -3.53. The van der Waals surface area contributed by atoms with Crippen molar-refractivity contribution < 1.29 is 8.42 Å². The van der Waals surface area contributed by atoms with Crippen LogP contribution in [-0.4, -0.2) is 45.0 Å². The number of hydrazine groups is 1. The monoisotopic (exact) mass is 287 g/mol. The zero-order valence-electron chi connectivity index (χ0n) is 11.4. The first-order valence-corrected chi connectivity index (χ1v) is 7.43. The lowest BCUT2D eigenvalue weighted by Gasteiger charge is -2.16. The second kappa shape index (κ2) is 6.80. The van der Waals surface area contributed by atoms with Crippen LogP contribution < -0.4 is 16.0 Å². The Bertz CT molecular complexity index is 486. The predicted molar refractivity (Wildman–Crippen MR) is 75.0 cm³/mol. The first kappa shape index (κ1) is 15.8. The van der Waals surface area contributed by atoms with Crippen molar-refractivity contribution >= 4 is 15.8 Å². The molecular formula is C11H21N5O2S. The highest BCUT2D eigenvalue weighted by molar-refractivity contribution is 7.89. The smallest absolute Gasteiger partial charge is 0.242 e. The highest BCUT2D eigenvalue weighted by atomic mass is 32.2. The maximum atomic E-state index is 12.1. The Labute approximate surface area is 114 Å². The maximum absolute atomic E-state index is 12.1. The van der Waals surface area contributed by atoms with Gasteiger partial charge in [0, 0.05) is 12.2 Å². The van der Waals surface area contributed by atoms with Gasteiger partial charge in [-0.25, -0.2) is 24.0 Å². The van der Waals surface area contributed by atoms with Crippen molar-refractivity contribution in [3.8, 4) is 0 Å². The van der Waals surface area contributed by atoms with Gasteiger partial charge in [-0.05, 0) is 46.1 Å². The molecule has 0 aliphatic heterocycles. The van der Waals surface area contributed by atoms with Gasteiger partial charge in [0.15, 0.2) is 0 Å². The van der Waals surface area contributed by atoms with E-state index in [-0.39, 0.29) is 10.9 Å². The summed E-state index contributed by atoms with van der Waals surface area (Å²) >= 11 is 0. The lowest BCUT2D eigenvalue weighted by atomic mass is 10.2. The molecule has 0 saturated carbocycles. The van der Waals surface area contributed by atoms with Crippen molar-refractivity contribution in [1.82, 2.24) is 14.6 Å². The molecule has 0 radical (unpaired) electrons. The van der Waals surface area contributed by atoms with Crippen molar-refractivity contribution in [2.75, 3.05) is 26.1 Å². The molecule has 0 saturated heterocycles. The summed E-state index contributed by atoms with van der Waals surface area (Å²) in [7, 11) is 0.364. The quantitative estimate of drug-likeness (QED) is 0.481. The molecule has 19 heavy (non-hydrogen) atoms. The largest absolute Gasteiger partial charge is 0.309 e. The molecule has 0 aromatic carbocycles. The van der Waals surface area contributed by atoms with E-state index in [9.17, 15) is 8.42 Å². The van der Waals surface area contributed by atoms with Crippen LogP contribution in [0.3, 0.4) is 0 Å². The van der Waals surface area contributed by atoms with Crippen molar-refractivity contribution in [3.63, 3.8) is 0 Å². The molecule has 1 unspecified atom stereocenters. The fraction of sp³-hybridized carbons (Fsp3) is 0.545. The standard InChI is InChI=1S/C11H21N5O2S/c1-9(6-7-16(2)3)15-19(17,18)10-4-5-11(14-12)13-8-10/h4-5,8-9,15H,6-7,12H2,1-3H3,(H,13,14). The van der Waals surface area contributed by atoms with Gasteiger partial charge in [0.25, 0.3) is 0 Å². The normalized spacial score (nSPS) is 13.5. The molecule has 0 bridgehead atoms. The molecule has 8 heteroatoms. The number of hydrogen-bond donors (Lipinski definition) is 3. The first-order valence-electron chi connectivity index (χ1n) is 5.95. The first-order chi connectivity index (χ1) is 8.85. The highest BCUT2D eigenvalue weighted by Crippen LogP contribution is 2.11. The number of nitrogen functional groups attached to an aromatic ring is 1. The van der Waals surface area contributed by atoms with Crippen molar-refractivity contribution in [2.45, 2.75) is 24.3 Å². The summed E-state index contributed by atoms with van der Waals surface area (Å²) in [6.45, 7) is 2.66. The van der Waals surface area contributed by atoms with Crippen LogP contribution in [0.1, 0.15) is 13.3 Å². The Morgan fingerprint density at radius 3 is 2.58 bits per heavy atom. The lowest BCUT2D eigenvalue weighted by molar-refractivity contribution is 0.379. The van der Waals surface area contributed by atoms with Crippen LogP contribution in [0, 0.1) is 0 Å². The van der Waals surface area contributed by atoms with E-state index in [1.807, 2.05) is 25.9 Å². The summed E-state index contributed by atoms with van der Waals surface area (Å²) < 4.78 is 26.8. The molecule has 0 spiro atoms. The fourth-order valence-corrected chi connectivity index (χ4v) is 2.69. The molecule has 1 atom stereocenters. The molecule has 1 heterocycles. The van der Waals surface area contributed by atoms with Gasteiger partial charge >= 0.3 is 0 Å². The van der Waals surface area contributed by atoms with E-state index < -0.39 is 10.0 Å². The van der Waals surface area contributed by atoms with Gasteiger partial charge in [0.1, 0.15) is 10.7 Å². The predicted octanol–water partition coefficient (Wildman–Crippen LogP) is -0.0143. The Hall–Kier alpha value is -1.22. The summed E-state index contributed by atoms with van der Waals surface area (Å²) in [5, 5.41) is 0. The minimum absolute atomic E-state index is 0.128. The van der Waals surface area contributed by atoms with Crippen molar-refractivity contribution in [1.29, 1.82) is 0 Å².